The number of ether oxygens (including phenoxy) is 2. The third kappa shape index (κ3) is 2.42. The van der Waals surface area contributed by atoms with E-state index in [1.54, 1.807) is 7.11 Å². The van der Waals surface area contributed by atoms with Crippen LogP contribution in [0.25, 0.3) is 0 Å². The Bertz CT molecular complexity index is 369. The second kappa shape index (κ2) is 4.66. The number of methoxy groups -OCH3 is 1. The molecule has 2 rings (SSSR count). The van der Waals surface area contributed by atoms with Crippen molar-refractivity contribution in [3.63, 3.8) is 0 Å². The Kier molecular flexibility index (Phi) is 3.25. The third-order valence-corrected chi connectivity index (χ3v) is 2.81. The van der Waals surface area contributed by atoms with Crippen LogP contribution in [0.15, 0.2) is 24.3 Å². The van der Waals surface area contributed by atoms with Gasteiger partial charge in [0.05, 0.1) is 19.3 Å². The van der Waals surface area contributed by atoms with Crippen LogP contribution in [0.4, 0.5) is 0 Å². The molecule has 16 heavy (non-hydrogen) atoms. The van der Waals surface area contributed by atoms with Crippen LogP contribution in [0.2, 0.25) is 0 Å². The van der Waals surface area contributed by atoms with E-state index in [9.17, 15) is 4.79 Å². The summed E-state index contributed by atoms with van der Waals surface area (Å²) in [5.74, 6) is 1.10. The second-order valence-corrected chi connectivity index (χ2v) is 4.16. The van der Waals surface area contributed by atoms with Crippen LogP contribution in [0.3, 0.4) is 0 Å². The van der Waals surface area contributed by atoms with Crippen molar-refractivity contribution in [3.05, 3.63) is 29.8 Å². The van der Waals surface area contributed by atoms with Crippen LogP contribution in [0, 0.1) is 0 Å². The van der Waals surface area contributed by atoms with Crippen LogP contribution >= 0.6 is 0 Å². The maximum Gasteiger partial charge on any atom is 0.138 e. The number of ketones is 1. The Balaban J connectivity index is 2.13. The van der Waals surface area contributed by atoms with Crippen molar-refractivity contribution in [2.24, 2.45) is 0 Å². The van der Waals surface area contributed by atoms with Gasteiger partial charge in [0, 0.05) is 12.8 Å². The molecule has 0 saturated carbocycles. The molecule has 86 valence electrons. The van der Waals surface area contributed by atoms with E-state index < -0.39 is 0 Å². The van der Waals surface area contributed by atoms with Gasteiger partial charge in [-0.05, 0) is 24.6 Å². The number of hydrogen-bond acceptors (Lipinski definition) is 3. The van der Waals surface area contributed by atoms with Crippen molar-refractivity contribution < 1.29 is 14.3 Å². The smallest absolute Gasteiger partial charge is 0.138 e. The van der Waals surface area contributed by atoms with Crippen LogP contribution < -0.4 is 4.74 Å². The molecule has 1 aromatic rings. The minimum absolute atomic E-state index is 0.0216. The fraction of sp³-hybridized carbons (Fsp3) is 0.462. The van der Waals surface area contributed by atoms with Gasteiger partial charge in [-0.25, -0.2) is 0 Å². The predicted octanol–water partition coefficient (Wildman–Crippen LogP) is 2.50. The molecule has 1 aliphatic heterocycles. The van der Waals surface area contributed by atoms with Gasteiger partial charge in [-0.1, -0.05) is 12.1 Å². The summed E-state index contributed by atoms with van der Waals surface area (Å²) < 4.78 is 10.8. The molecule has 1 aliphatic rings. The van der Waals surface area contributed by atoms with Crippen molar-refractivity contribution >= 4 is 5.78 Å². The van der Waals surface area contributed by atoms with E-state index in [4.69, 9.17) is 9.47 Å². The van der Waals surface area contributed by atoms with E-state index in [1.807, 2.05) is 31.2 Å². The Hall–Kier alpha value is -1.35. The van der Waals surface area contributed by atoms with E-state index in [0.29, 0.717) is 12.8 Å². The molecule has 0 aliphatic carbocycles. The summed E-state index contributed by atoms with van der Waals surface area (Å²) in [5, 5.41) is 0. The van der Waals surface area contributed by atoms with Crippen LogP contribution in [0.1, 0.15) is 31.4 Å². The predicted molar refractivity (Wildman–Crippen MR) is 60.5 cm³/mol. The van der Waals surface area contributed by atoms with E-state index in [0.717, 1.165) is 11.3 Å². The summed E-state index contributed by atoms with van der Waals surface area (Å²) in [6.07, 6.45) is 0.944. The van der Waals surface area contributed by atoms with Gasteiger partial charge in [-0.15, -0.1) is 0 Å². The molecule has 1 fully saturated rings. The first-order chi connectivity index (χ1) is 7.69. The van der Waals surface area contributed by atoms with E-state index in [2.05, 4.69) is 0 Å². The average molecular weight is 220 g/mol. The van der Waals surface area contributed by atoms with E-state index in [1.165, 1.54) is 0 Å². The zero-order chi connectivity index (χ0) is 11.5. The minimum Gasteiger partial charge on any atom is -0.497 e. The molecule has 1 heterocycles. The highest BCUT2D eigenvalue weighted by atomic mass is 16.5. The fourth-order valence-electron chi connectivity index (χ4n) is 2.00. The lowest BCUT2D eigenvalue weighted by molar-refractivity contribution is -0.134. The quantitative estimate of drug-likeness (QED) is 0.768. The standard InChI is InChI=1S/C13H16O3/c1-9-7-11(14)8-13(16-9)10-3-5-12(15-2)6-4-10/h3-6,9,13H,7-8H2,1-2H3/t9-,13-/m1/s1. The Labute approximate surface area is 95.4 Å². The number of Topliss-reactive ketones (excluding diaryl/α,β-unsaturated/α-hetero) is 1. The topological polar surface area (TPSA) is 35.5 Å². The van der Waals surface area contributed by atoms with Crippen molar-refractivity contribution in [1.29, 1.82) is 0 Å². The summed E-state index contributed by atoms with van der Waals surface area (Å²) >= 11 is 0. The van der Waals surface area contributed by atoms with Gasteiger partial charge in [0.25, 0.3) is 0 Å². The number of rotatable bonds is 2. The Morgan fingerprint density at radius 3 is 2.50 bits per heavy atom. The molecule has 1 aromatic carbocycles. The molecule has 0 spiro atoms. The van der Waals surface area contributed by atoms with Gasteiger partial charge < -0.3 is 9.47 Å². The molecule has 3 heteroatoms. The van der Waals surface area contributed by atoms with Gasteiger partial charge in [-0.3, -0.25) is 4.79 Å². The van der Waals surface area contributed by atoms with Gasteiger partial charge in [0.2, 0.25) is 0 Å². The number of hydrogen-bond donors (Lipinski definition) is 0. The molecule has 0 bridgehead atoms. The molecule has 2 atom stereocenters. The average Bonchev–Trinajstić information content (AvgIpc) is 2.28. The SMILES string of the molecule is COc1ccc([C@H]2CC(=O)C[C@@H](C)O2)cc1. The van der Waals surface area contributed by atoms with Crippen LogP contribution in [-0.4, -0.2) is 19.0 Å². The van der Waals surface area contributed by atoms with Gasteiger partial charge in [0.15, 0.2) is 0 Å². The summed E-state index contributed by atoms with van der Waals surface area (Å²) in [4.78, 5) is 11.5. The van der Waals surface area contributed by atoms with Gasteiger partial charge in [-0.2, -0.15) is 0 Å². The molecule has 0 N–H and O–H groups in total. The highest BCUT2D eigenvalue weighted by molar-refractivity contribution is 5.80. The lowest BCUT2D eigenvalue weighted by atomic mass is 9.98. The first kappa shape index (κ1) is 11.1. The van der Waals surface area contributed by atoms with Crippen LogP contribution in [0.5, 0.6) is 5.75 Å². The molecule has 0 amide bonds. The third-order valence-electron chi connectivity index (χ3n) is 2.81. The molecule has 0 unspecified atom stereocenters. The number of carbonyl (C=O) groups is 1. The van der Waals surface area contributed by atoms with Gasteiger partial charge >= 0.3 is 0 Å². The monoisotopic (exact) mass is 220 g/mol. The van der Waals surface area contributed by atoms with E-state index >= 15 is 0 Å². The van der Waals surface area contributed by atoms with Crippen molar-refractivity contribution in [2.75, 3.05) is 7.11 Å². The van der Waals surface area contributed by atoms with Crippen LogP contribution in [-0.2, 0) is 9.53 Å². The number of benzene rings is 1. The first-order valence-electron chi connectivity index (χ1n) is 5.50. The molecule has 0 aromatic heterocycles. The summed E-state index contributed by atoms with van der Waals surface area (Å²) in [5.41, 5.74) is 1.04. The van der Waals surface area contributed by atoms with Gasteiger partial charge in [0.1, 0.15) is 11.5 Å². The summed E-state index contributed by atoms with van der Waals surface area (Å²) in [6.45, 7) is 1.94. The van der Waals surface area contributed by atoms with Crippen molar-refractivity contribution in [2.45, 2.75) is 32.0 Å². The summed E-state index contributed by atoms with van der Waals surface area (Å²) in [7, 11) is 1.64. The minimum atomic E-state index is -0.0952. The molecule has 1 saturated heterocycles. The summed E-state index contributed by atoms with van der Waals surface area (Å²) in [6, 6.07) is 7.69. The Morgan fingerprint density at radius 2 is 1.94 bits per heavy atom. The largest absolute Gasteiger partial charge is 0.497 e. The normalized spacial score (nSPS) is 25.5. The van der Waals surface area contributed by atoms with Crippen molar-refractivity contribution in [1.82, 2.24) is 0 Å². The molecule has 0 radical (unpaired) electrons. The zero-order valence-corrected chi connectivity index (χ0v) is 9.60. The zero-order valence-electron chi connectivity index (χ0n) is 9.60. The maximum atomic E-state index is 11.5. The Morgan fingerprint density at radius 1 is 1.25 bits per heavy atom. The molecule has 3 nitrogen and oxygen atoms in total. The second-order valence-electron chi connectivity index (χ2n) is 4.16. The first-order valence-corrected chi connectivity index (χ1v) is 5.50. The lowest BCUT2D eigenvalue weighted by Gasteiger charge is -2.27. The highest BCUT2D eigenvalue weighted by Crippen LogP contribution is 2.30. The molecular formula is C13H16O3. The highest BCUT2D eigenvalue weighted by Gasteiger charge is 2.26. The van der Waals surface area contributed by atoms with Crippen molar-refractivity contribution in [3.8, 4) is 5.75 Å². The van der Waals surface area contributed by atoms with E-state index in [-0.39, 0.29) is 18.0 Å². The number of carbonyl (C=O) groups excluding carboxylic acids is 1. The fourth-order valence-corrected chi connectivity index (χ4v) is 2.00. The maximum absolute atomic E-state index is 11.5. The molecular weight excluding hydrogens is 204 g/mol. The lowest BCUT2D eigenvalue weighted by Crippen LogP contribution is -2.26.